The van der Waals surface area contributed by atoms with Gasteiger partial charge in [0.15, 0.2) is 0 Å². The van der Waals surface area contributed by atoms with Crippen LogP contribution in [0.1, 0.15) is 45.2 Å². The van der Waals surface area contributed by atoms with Crippen LogP contribution in [0, 0.1) is 5.92 Å². The zero-order valence-corrected chi connectivity index (χ0v) is 12.3. The van der Waals surface area contributed by atoms with Gasteiger partial charge in [0.05, 0.1) is 0 Å². The van der Waals surface area contributed by atoms with Gasteiger partial charge in [-0.25, -0.2) is 0 Å². The second-order valence-corrected chi connectivity index (χ2v) is 6.55. The largest absolute Gasteiger partial charge is 0.308 e. The molecule has 0 bridgehead atoms. The second kappa shape index (κ2) is 4.88. The molecule has 1 aliphatic heterocycles. The van der Waals surface area contributed by atoms with Crippen molar-refractivity contribution in [2.45, 2.75) is 51.2 Å². The summed E-state index contributed by atoms with van der Waals surface area (Å²) >= 11 is 0. The number of nitrogens with one attached hydrogen (secondary N) is 1. The second-order valence-electron chi connectivity index (χ2n) is 6.55. The molecule has 3 heteroatoms. The highest BCUT2D eigenvalue weighted by molar-refractivity contribution is 5.16. The van der Waals surface area contributed by atoms with E-state index in [1.54, 1.807) is 0 Å². The molecule has 0 aromatic carbocycles. The average Bonchev–Trinajstić information content (AvgIpc) is 3.27. The van der Waals surface area contributed by atoms with Crippen LogP contribution in [0.15, 0.2) is 24.5 Å². The summed E-state index contributed by atoms with van der Waals surface area (Å²) in [6.45, 7) is 9.31. The maximum atomic E-state index is 4.13. The van der Waals surface area contributed by atoms with E-state index >= 15 is 0 Å². The first-order chi connectivity index (χ1) is 9.10. The van der Waals surface area contributed by atoms with Crippen molar-refractivity contribution in [3.05, 3.63) is 30.1 Å². The lowest BCUT2D eigenvalue weighted by Gasteiger charge is -2.48. The van der Waals surface area contributed by atoms with Crippen LogP contribution >= 0.6 is 0 Å². The third-order valence-corrected chi connectivity index (χ3v) is 5.04. The normalized spacial score (nSPS) is 34.2. The average molecular weight is 259 g/mol. The Kier molecular flexibility index (Phi) is 3.35. The van der Waals surface area contributed by atoms with Gasteiger partial charge in [0.2, 0.25) is 0 Å². The quantitative estimate of drug-likeness (QED) is 0.904. The summed E-state index contributed by atoms with van der Waals surface area (Å²) in [5, 5.41) is 3.79. The third-order valence-electron chi connectivity index (χ3n) is 5.04. The van der Waals surface area contributed by atoms with Crippen molar-refractivity contribution in [2.24, 2.45) is 5.92 Å². The summed E-state index contributed by atoms with van der Waals surface area (Å²) in [4.78, 5) is 6.78. The van der Waals surface area contributed by atoms with Crippen molar-refractivity contribution in [2.75, 3.05) is 13.1 Å². The standard InChI is InChI=1S/C16H25N3/c1-12-10-18-16(3,15-4-5-15)11-19(12)13(2)14-6-8-17-9-7-14/h6-9,12-13,15,18H,4-5,10-11H2,1-3H3. The first kappa shape index (κ1) is 13.1. The van der Waals surface area contributed by atoms with E-state index in [1.165, 1.54) is 18.4 Å². The summed E-state index contributed by atoms with van der Waals surface area (Å²) in [7, 11) is 0. The van der Waals surface area contributed by atoms with Gasteiger partial charge in [-0.1, -0.05) is 0 Å². The fraction of sp³-hybridized carbons (Fsp3) is 0.688. The molecule has 3 unspecified atom stereocenters. The molecule has 104 valence electrons. The Bertz CT molecular complexity index is 429. The number of hydrogen-bond donors (Lipinski definition) is 1. The maximum Gasteiger partial charge on any atom is 0.0325 e. The minimum atomic E-state index is 0.313. The highest BCUT2D eigenvalue weighted by Crippen LogP contribution is 2.42. The van der Waals surface area contributed by atoms with Crippen molar-refractivity contribution in [3.8, 4) is 0 Å². The van der Waals surface area contributed by atoms with Gasteiger partial charge in [0.25, 0.3) is 0 Å². The molecule has 2 heterocycles. The lowest BCUT2D eigenvalue weighted by molar-refractivity contribution is 0.0516. The van der Waals surface area contributed by atoms with E-state index < -0.39 is 0 Å². The van der Waals surface area contributed by atoms with Crippen LogP contribution in [-0.2, 0) is 0 Å². The lowest BCUT2D eigenvalue weighted by Crippen LogP contribution is -2.63. The zero-order chi connectivity index (χ0) is 13.5. The molecule has 1 aromatic rings. The zero-order valence-electron chi connectivity index (χ0n) is 12.3. The molecule has 19 heavy (non-hydrogen) atoms. The van der Waals surface area contributed by atoms with E-state index in [2.05, 4.69) is 48.1 Å². The van der Waals surface area contributed by atoms with Crippen LogP contribution in [-0.4, -0.2) is 34.6 Å². The van der Waals surface area contributed by atoms with Crippen LogP contribution < -0.4 is 5.32 Å². The van der Waals surface area contributed by atoms with E-state index in [0.717, 1.165) is 19.0 Å². The van der Waals surface area contributed by atoms with E-state index in [0.29, 0.717) is 17.6 Å². The Morgan fingerprint density at radius 3 is 2.68 bits per heavy atom. The third kappa shape index (κ3) is 2.54. The fourth-order valence-electron chi connectivity index (χ4n) is 3.44. The number of rotatable bonds is 3. The molecule has 2 fully saturated rings. The highest BCUT2D eigenvalue weighted by Gasteiger charge is 2.46. The van der Waals surface area contributed by atoms with Crippen LogP contribution in [0.5, 0.6) is 0 Å². The van der Waals surface area contributed by atoms with E-state index in [-0.39, 0.29) is 0 Å². The van der Waals surface area contributed by atoms with E-state index in [4.69, 9.17) is 0 Å². The minimum absolute atomic E-state index is 0.313. The summed E-state index contributed by atoms with van der Waals surface area (Å²) < 4.78 is 0. The summed E-state index contributed by atoms with van der Waals surface area (Å²) in [5.41, 5.74) is 1.69. The monoisotopic (exact) mass is 259 g/mol. The molecule has 3 nitrogen and oxygen atoms in total. The van der Waals surface area contributed by atoms with Gasteiger partial charge < -0.3 is 5.32 Å². The van der Waals surface area contributed by atoms with Crippen molar-refractivity contribution < 1.29 is 0 Å². The van der Waals surface area contributed by atoms with Gasteiger partial charge in [-0.3, -0.25) is 9.88 Å². The lowest BCUT2D eigenvalue weighted by atomic mass is 9.89. The Hall–Kier alpha value is -0.930. The topological polar surface area (TPSA) is 28.2 Å². The number of aromatic nitrogens is 1. The number of piperazine rings is 1. The van der Waals surface area contributed by atoms with Gasteiger partial charge in [-0.15, -0.1) is 0 Å². The van der Waals surface area contributed by atoms with Crippen molar-refractivity contribution >= 4 is 0 Å². The Labute approximate surface area is 116 Å². The van der Waals surface area contributed by atoms with Gasteiger partial charge in [0.1, 0.15) is 0 Å². The summed E-state index contributed by atoms with van der Waals surface area (Å²) in [6, 6.07) is 5.36. The molecule has 0 spiro atoms. The molecule has 1 saturated heterocycles. The van der Waals surface area contributed by atoms with E-state index in [1.807, 2.05) is 12.4 Å². The molecule has 0 radical (unpaired) electrons. The predicted molar refractivity (Wildman–Crippen MR) is 78.0 cm³/mol. The Morgan fingerprint density at radius 2 is 2.05 bits per heavy atom. The smallest absolute Gasteiger partial charge is 0.0325 e. The first-order valence-corrected chi connectivity index (χ1v) is 7.51. The Morgan fingerprint density at radius 1 is 1.37 bits per heavy atom. The molecule has 1 aliphatic carbocycles. The van der Waals surface area contributed by atoms with Crippen molar-refractivity contribution in [1.82, 2.24) is 15.2 Å². The SMILES string of the molecule is CC1CNC(C)(C2CC2)CN1C(C)c1ccncc1. The molecule has 1 saturated carbocycles. The Balaban J connectivity index is 1.78. The molecule has 1 N–H and O–H groups in total. The molecular formula is C16H25N3. The molecule has 0 amide bonds. The van der Waals surface area contributed by atoms with Gasteiger partial charge in [0, 0.05) is 43.1 Å². The highest BCUT2D eigenvalue weighted by atomic mass is 15.3. The summed E-state index contributed by atoms with van der Waals surface area (Å²) in [5.74, 6) is 0.882. The van der Waals surface area contributed by atoms with Crippen molar-refractivity contribution in [3.63, 3.8) is 0 Å². The van der Waals surface area contributed by atoms with Crippen LogP contribution in [0.2, 0.25) is 0 Å². The van der Waals surface area contributed by atoms with Crippen LogP contribution in [0.25, 0.3) is 0 Å². The maximum absolute atomic E-state index is 4.13. The predicted octanol–water partition coefficient (Wildman–Crippen LogP) is 2.61. The van der Waals surface area contributed by atoms with Crippen LogP contribution in [0.4, 0.5) is 0 Å². The number of pyridine rings is 1. The molecule has 1 aromatic heterocycles. The molecule has 3 rings (SSSR count). The van der Waals surface area contributed by atoms with Gasteiger partial charge in [-0.2, -0.15) is 0 Å². The van der Waals surface area contributed by atoms with Crippen LogP contribution in [0.3, 0.4) is 0 Å². The first-order valence-electron chi connectivity index (χ1n) is 7.51. The van der Waals surface area contributed by atoms with Crippen molar-refractivity contribution in [1.29, 1.82) is 0 Å². The van der Waals surface area contributed by atoms with Gasteiger partial charge >= 0.3 is 0 Å². The minimum Gasteiger partial charge on any atom is -0.308 e. The number of hydrogen-bond acceptors (Lipinski definition) is 3. The molecule has 3 atom stereocenters. The summed E-state index contributed by atoms with van der Waals surface area (Å²) in [6.07, 6.45) is 6.60. The molecule has 2 aliphatic rings. The number of nitrogens with zero attached hydrogens (tertiary/aromatic N) is 2. The van der Waals surface area contributed by atoms with Gasteiger partial charge in [-0.05, 0) is 57.2 Å². The van der Waals surface area contributed by atoms with E-state index in [9.17, 15) is 0 Å². The molecular weight excluding hydrogens is 234 g/mol. The fourth-order valence-corrected chi connectivity index (χ4v) is 3.44.